The molecule has 1 N–H and O–H groups in total. The Balaban J connectivity index is 2.40. The fourth-order valence-electron chi connectivity index (χ4n) is 1.27. The Kier molecular flexibility index (Phi) is 7.59. The van der Waals surface area contributed by atoms with Gasteiger partial charge >= 0.3 is 22.6 Å². The lowest BCUT2D eigenvalue weighted by Crippen LogP contribution is -2.26. The van der Waals surface area contributed by atoms with E-state index in [1.807, 2.05) is 0 Å². The first-order valence-electron chi connectivity index (χ1n) is 6.04. The first-order valence-corrected chi connectivity index (χ1v) is 8.44. The van der Waals surface area contributed by atoms with Crippen molar-refractivity contribution >= 4 is 28.0 Å². The lowest BCUT2D eigenvalue weighted by molar-refractivity contribution is -0.157. The van der Waals surface area contributed by atoms with Crippen LogP contribution in [0, 0.1) is 0 Å². The number of hydrogen-bond acceptors (Lipinski definition) is 7. The third-order valence-electron chi connectivity index (χ3n) is 2.32. The van der Waals surface area contributed by atoms with Gasteiger partial charge in [-0.2, -0.15) is 17.5 Å². The highest BCUT2D eigenvalue weighted by Crippen LogP contribution is 2.22. The molecule has 0 aromatic heterocycles. The Bertz CT molecular complexity index is 578. The van der Waals surface area contributed by atoms with Crippen molar-refractivity contribution in [3.63, 3.8) is 0 Å². The maximum absolute atomic E-state index is 13.2. The van der Waals surface area contributed by atoms with Crippen molar-refractivity contribution in [1.82, 2.24) is 4.72 Å². The summed E-state index contributed by atoms with van der Waals surface area (Å²) in [4.78, 5) is 11.7. The molecule has 0 radical (unpaired) electrons. The van der Waals surface area contributed by atoms with E-state index in [-0.39, 0.29) is 12.3 Å². The van der Waals surface area contributed by atoms with Crippen molar-refractivity contribution in [2.24, 2.45) is 0 Å². The molecule has 0 spiro atoms. The van der Waals surface area contributed by atoms with Gasteiger partial charge in [-0.15, -0.1) is 11.8 Å². The van der Waals surface area contributed by atoms with E-state index >= 15 is 0 Å². The minimum atomic E-state index is -3.67. The van der Waals surface area contributed by atoms with Crippen LogP contribution in [0.1, 0.15) is 0 Å². The van der Waals surface area contributed by atoms with Crippen LogP contribution in [0.25, 0.3) is 0 Å². The second kappa shape index (κ2) is 8.93. The number of carbonyl (C=O) groups is 1. The third kappa shape index (κ3) is 6.60. The van der Waals surface area contributed by atoms with Crippen LogP contribution in [0.15, 0.2) is 29.2 Å². The summed E-state index contributed by atoms with van der Waals surface area (Å²) in [6.45, 7) is 0.202. The van der Waals surface area contributed by atoms with Crippen LogP contribution >= 0.6 is 11.8 Å². The van der Waals surface area contributed by atoms with Gasteiger partial charge in [0.05, 0.1) is 14.2 Å². The molecular weight excluding hydrogens is 337 g/mol. The van der Waals surface area contributed by atoms with Crippen molar-refractivity contribution in [3.8, 4) is 5.75 Å². The van der Waals surface area contributed by atoms with E-state index in [9.17, 15) is 17.6 Å². The van der Waals surface area contributed by atoms with Crippen molar-refractivity contribution in [2.45, 2.75) is 11.3 Å². The molecule has 1 unspecified atom stereocenters. The summed E-state index contributed by atoms with van der Waals surface area (Å²) in [5, 5.41) is 0. The molecule has 0 heterocycles. The standard InChI is InChI=1S/C12H16FNO6S2/c1-18-12(15)11(13)20-9-3-5-10(6-4-9)21-8-7-14-22(16,17)19-2/h3-6,11,14H,7-8H2,1-2H3. The van der Waals surface area contributed by atoms with E-state index in [2.05, 4.69) is 13.6 Å². The van der Waals surface area contributed by atoms with E-state index in [0.717, 1.165) is 19.1 Å². The lowest BCUT2D eigenvalue weighted by Gasteiger charge is -2.09. The van der Waals surface area contributed by atoms with Gasteiger partial charge in [0.15, 0.2) is 0 Å². The molecule has 0 saturated carbocycles. The van der Waals surface area contributed by atoms with Crippen LogP contribution in [0.3, 0.4) is 0 Å². The van der Waals surface area contributed by atoms with Crippen LogP contribution in [-0.4, -0.2) is 47.3 Å². The normalized spacial score (nSPS) is 12.7. The number of carbonyl (C=O) groups excluding carboxylic acids is 1. The number of benzene rings is 1. The second-order valence-electron chi connectivity index (χ2n) is 3.79. The van der Waals surface area contributed by atoms with Gasteiger partial charge in [0.1, 0.15) is 5.75 Å². The minimum absolute atomic E-state index is 0.183. The first kappa shape index (κ1) is 18.7. The molecule has 10 heteroatoms. The SMILES string of the molecule is COC(=O)C(F)Oc1ccc(SCCNS(=O)(=O)OC)cc1. The second-order valence-corrected chi connectivity index (χ2v) is 6.49. The summed E-state index contributed by atoms with van der Waals surface area (Å²) in [6.07, 6.45) is -2.17. The molecule has 1 aromatic carbocycles. The zero-order chi connectivity index (χ0) is 16.6. The van der Waals surface area contributed by atoms with E-state index in [1.165, 1.54) is 23.9 Å². The Labute approximate surface area is 132 Å². The van der Waals surface area contributed by atoms with Gasteiger partial charge in [-0.25, -0.2) is 4.79 Å². The highest BCUT2D eigenvalue weighted by molar-refractivity contribution is 7.99. The quantitative estimate of drug-likeness (QED) is 0.404. The monoisotopic (exact) mass is 353 g/mol. The fraction of sp³-hybridized carbons (Fsp3) is 0.417. The van der Waals surface area contributed by atoms with Crippen LogP contribution in [0.4, 0.5) is 4.39 Å². The van der Waals surface area contributed by atoms with Gasteiger partial charge in [0.2, 0.25) is 0 Å². The van der Waals surface area contributed by atoms with Gasteiger partial charge in [0.25, 0.3) is 0 Å². The molecule has 0 amide bonds. The number of hydrogen-bond donors (Lipinski definition) is 1. The molecule has 1 rings (SSSR count). The number of rotatable bonds is 9. The average molecular weight is 353 g/mol. The number of esters is 1. The van der Waals surface area contributed by atoms with Gasteiger partial charge in [-0.3, -0.25) is 4.18 Å². The number of thioether (sulfide) groups is 1. The lowest BCUT2D eigenvalue weighted by atomic mass is 10.3. The topological polar surface area (TPSA) is 90.9 Å². The van der Waals surface area contributed by atoms with Crippen molar-refractivity contribution in [1.29, 1.82) is 0 Å². The average Bonchev–Trinajstić information content (AvgIpc) is 2.52. The minimum Gasteiger partial charge on any atom is -0.464 e. The van der Waals surface area contributed by atoms with Gasteiger partial charge in [0, 0.05) is 17.2 Å². The van der Waals surface area contributed by atoms with Crippen LogP contribution in [0.2, 0.25) is 0 Å². The summed E-state index contributed by atoms with van der Waals surface area (Å²) in [6, 6.07) is 6.32. The maximum atomic E-state index is 13.2. The summed E-state index contributed by atoms with van der Waals surface area (Å²) in [7, 11) is -1.54. The third-order valence-corrected chi connectivity index (χ3v) is 4.33. The molecule has 22 heavy (non-hydrogen) atoms. The molecule has 0 saturated heterocycles. The number of halogens is 1. The van der Waals surface area contributed by atoms with Crippen LogP contribution < -0.4 is 9.46 Å². The first-order chi connectivity index (χ1) is 10.4. The Morgan fingerprint density at radius 1 is 1.32 bits per heavy atom. The highest BCUT2D eigenvalue weighted by atomic mass is 32.2. The van der Waals surface area contributed by atoms with E-state index < -0.39 is 22.6 Å². The molecule has 0 aliphatic heterocycles. The van der Waals surface area contributed by atoms with Crippen LogP contribution in [-0.2, 0) is 24.0 Å². The molecular formula is C12H16FNO6S2. The van der Waals surface area contributed by atoms with E-state index in [0.29, 0.717) is 5.75 Å². The van der Waals surface area contributed by atoms with Crippen molar-refractivity contribution in [2.75, 3.05) is 26.5 Å². The van der Waals surface area contributed by atoms with Crippen molar-refractivity contribution < 1.29 is 31.3 Å². The van der Waals surface area contributed by atoms with Crippen LogP contribution in [0.5, 0.6) is 5.75 Å². The van der Waals surface area contributed by atoms with Gasteiger partial charge < -0.3 is 9.47 Å². The molecule has 7 nitrogen and oxygen atoms in total. The van der Waals surface area contributed by atoms with Gasteiger partial charge in [-0.05, 0) is 24.3 Å². The summed E-state index contributed by atoms with van der Waals surface area (Å²) >= 11 is 1.39. The zero-order valence-electron chi connectivity index (χ0n) is 11.9. The molecule has 1 atom stereocenters. The van der Waals surface area contributed by atoms with Crippen molar-refractivity contribution in [3.05, 3.63) is 24.3 Å². The fourth-order valence-corrected chi connectivity index (χ4v) is 2.64. The molecule has 0 aliphatic rings. The number of ether oxygens (including phenoxy) is 2. The maximum Gasteiger partial charge on any atom is 0.380 e. The largest absolute Gasteiger partial charge is 0.464 e. The highest BCUT2D eigenvalue weighted by Gasteiger charge is 2.19. The molecule has 1 aromatic rings. The summed E-state index contributed by atoms with van der Waals surface area (Å²) in [5.41, 5.74) is 0. The Hall–Kier alpha value is -1.36. The molecule has 0 fully saturated rings. The van der Waals surface area contributed by atoms with E-state index in [1.54, 1.807) is 12.1 Å². The zero-order valence-corrected chi connectivity index (χ0v) is 13.6. The summed E-state index contributed by atoms with van der Waals surface area (Å²) < 4.78 is 50.6. The Morgan fingerprint density at radius 3 is 2.50 bits per heavy atom. The smallest absolute Gasteiger partial charge is 0.380 e. The number of nitrogens with one attached hydrogen (secondary N) is 1. The van der Waals surface area contributed by atoms with E-state index in [4.69, 9.17) is 4.74 Å². The summed E-state index contributed by atoms with van der Waals surface area (Å²) in [5.74, 6) is -0.442. The molecule has 0 bridgehead atoms. The molecule has 0 aliphatic carbocycles. The van der Waals surface area contributed by atoms with Gasteiger partial charge in [-0.1, -0.05) is 0 Å². The predicted octanol–water partition coefficient (Wildman–Crippen LogP) is 1.11. The molecule has 124 valence electrons. The predicted molar refractivity (Wildman–Crippen MR) is 78.6 cm³/mol. The number of alkyl halides is 1. The Morgan fingerprint density at radius 2 is 1.95 bits per heavy atom. The number of methoxy groups -OCH3 is 1.